The summed E-state index contributed by atoms with van der Waals surface area (Å²) in [5.74, 6) is 1.04. The van der Waals surface area contributed by atoms with Crippen LogP contribution < -0.4 is 5.32 Å². The quantitative estimate of drug-likeness (QED) is 0.725. The normalized spacial score (nSPS) is 10.6. The predicted octanol–water partition coefficient (Wildman–Crippen LogP) is 4.76. The molecule has 4 nitrogen and oxygen atoms in total. The van der Waals surface area contributed by atoms with Gasteiger partial charge in [-0.3, -0.25) is 0 Å². The Kier molecular flexibility index (Phi) is 4.22. The van der Waals surface area contributed by atoms with E-state index in [0.29, 0.717) is 23.3 Å². The Labute approximate surface area is 135 Å². The number of hydrogen-bond donors (Lipinski definition) is 1. The molecule has 1 heterocycles. The largest absolute Gasteiger partial charge is 0.419 e. The fourth-order valence-corrected chi connectivity index (χ4v) is 2.23. The fourth-order valence-electron chi connectivity index (χ4n) is 1.81. The highest BCUT2D eigenvalue weighted by molar-refractivity contribution is 9.10. The van der Waals surface area contributed by atoms with Crippen molar-refractivity contribution in [3.05, 3.63) is 63.9 Å². The molecule has 0 saturated carbocycles. The second-order valence-corrected chi connectivity index (χ2v) is 5.61. The van der Waals surface area contributed by atoms with Gasteiger partial charge in [-0.05, 0) is 46.3 Å². The Morgan fingerprint density at radius 3 is 2.67 bits per heavy atom. The fraction of sp³-hybridized carbons (Fsp3) is 0.0667. The van der Waals surface area contributed by atoms with Gasteiger partial charge in [-0.15, -0.1) is 10.2 Å². The zero-order chi connectivity index (χ0) is 14.7. The molecule has 6 heteroatoms. The van der Waals surface area contributed by atoms with E-state index in [1.807, 2.05) is 48.5 Å². The summed E-state index contributed by atoms with van der Waals surface area (Å²) in [7, 11) is 0. The molecule has 1 N–H and O–H groups in total. The van der Waals surface area contributed by atoms with Crippen molar-refractivity contribution in [2.75, 3.05) is 5.32 Å². The van der Waals surface area contributed by atoms with Crippen molar-refractivity contribution in [1.82, 2.24) is 10.2 Å². The van der Waals surface area contributed by atoms with Crippen molar-refractivity contribution < 1.29 is 4.42 Å². The summed E-state index contributed by atoms with van der Waals surface area (Å²) in [6.45, 7) is 0.442. The summed E-state index contributed by atoms with van der Waals surface area (Å²) in [4.78, 5) is 0. The number of aromatic nitrogens is 2. The highest BCUT2D eigenvalue weighted by atomic mass is 79.9. The molecular formula is C15H11BrClN3O. The van der Waals surface area contributed by atoms with Gasteiger partial charge >= 0.3 is 0 Å². The molecule has 3 rings (SSSR count). The smallest absolute Gasteiger partial charge is 0.247 e. The molecule has 0 saturated heterocycles. The van der Waals surface area contributed by atoms with E-state index in [9.17, 15) is 0 Å². The van der Waals surface area contributed by atoms with Crippen LogP contribution >= 0.6 is 27.5 Å². The first kappa shape index (κ1) is 14.1. The third-order valence-corrected chi connectivity index (χ3v) is 4.08. The molecule has 106 valence electrons. The second-order valence-electron chi connectivity index (χ2n) is 4.35. The van der Waals surface area contributed by atoms with Crippen LogP contribution in [0.15, 0.2) is 57.4 Å². The minimum absolute atomic E-state index is 0.442. The molecule has 0 radical (unpaired) electrons. The van der Waals surface area contributed by atoms with Crippen molar-refractivity contribution >= 4 is 33.2 Å². The van der Waals surface area contributed by atoms with Crippen LogP contribution in [0, 0.1) is 0 Å². The van der Waals surface area contributed by atoms with Crippen LogP contribution in [0.2, 0.25) is 5.02 Å². The zero-order valence-electron chi connectivity index (χ0n) is 10.9. The number of hydrogen-bond acceptors (Lipinski definition) is 4. The molecule has 0 bridgehead atoms. The lowest BCUT2D eigenvalue weighted by atomic mass is 10.2. The van der Waals surface area contributed by atoms with Gasteiger partial charge in [0.15, 0.2) is 0 Å². The van der Waals surface area contributed by atoms with Crippen LogP contribution in [-0.4, -0.2) is 10.2 Å². The number of nitrogens with one attached hydrogen (secondary N) is 1. The molecule has 3 aromatic rings. The maximum Gasteiger partial charge on any atom is 0.247 e. The molecule has 0 aliphatic heterocycles. The molecule has 0 aliphatic rings. The molecule has 0 spiro atoms. The maximum absolute atomic E-state index is 6.04. The summed E-state index contributed by atoms with van der Waals surface area (Å²) < 4.78 is 6.48. The van der Waals surface area contributed by atoms with Crippen LogP contribution in [0.25, 0.3) is 11.5 Å². The molecule has 2 aromatic carbocycles. The van der Waals surface area contributed by atoms with Gasteiger partial charge in [0.25, 0.3) is 0 Å². The molecule has 21 heavy (non-hydrogen) atoms. The Morgan fingerprint density at radius 2 is 1.90 bits per heavy atom. The van der Waals surface area contributed by atoms with Gasteiger partial charge < -0.3 is 9.73 Å². The molecule has 0 unspecified atom stereocenters. The highest BCUT2D eigenvalue weighted by Crippen LogP contribution is 2.26. The summed E-state index contributed by atoms with van der Waals surface area (Å²) in [6, 6.07) is 15.3. The summed E-state index contributed by atoms with van der Waals surface area (Å²) in [5, 5.41) is 11.9. The van der Waals surface area contributed by atoms with Crippen molar-refractivity contribution in [2.24, 2.45) is 0 Å². The van der Waals surface area contributed by atoms with Crippen molar-refractivity contribution in [3.8, 4) is 11.5 Å². The highest BCUT2D eigenvalue weighted by Gasteiger charge is 2.08. The monoisotopic (exact) mass is 363 g/mol. The number of halogens is 2. The average Bonchev–Trinajstić information content (AvgIpc) is 2.98. The lowest BCUT2D eigenvalue weighted by Gasteiger charge is -2.04. The molecule has 0 fully saturated rings. The van der Waals surface area contributed by atoms with Crippen molar-refractivity contribution in [2.45, 2.75) is 6.54 Å². The summed E-state index contributed by atoms with van der Waals surface area (Å²) in [5.41, 5.74) is 1.80. The van der Waals surface area contributed by atoms with E-state index in [-0.39, 0.29) is 0 Å². The molecule has 0 aliphatic carbocycles. The van der Waals surface area contributed by atoms with Gasteiger partial charge in [-0.1, -0.05) is 29.8 Å². The first-order valence-corrected chi connectivity index (χ1v) is 7.46. The van der Waals surface area contributed by atoms with Crippen LogP contribution in [-0.2, 0) is 6.54 Å². The lowest BCUT2D eigenvalue weighted by Crippen LogP contribution is -1.99. The number of anilines is 1. The van der Waals surface area contributed by atoms with Crippen LogP contribution in [0.4, 0.5) is 5.69 Å². The molecule has 0 amide bonds. The number of rotatable bonds is 4. The lowest BCUT2D eigenvalue weighted by molar-refractivity contribution is 0.515. The standard InChI is InChI=1S/C15H11BrClN3O/c16-12-7-6-11(8-13(12)17)18-9-14-19-20-15(21-14)10-4-2-1-3-5-10/h1-8,18H,9H2. The third kappa shape index (κ3) is 3.43. The second kappa shape index (κ2) is 6.28. The van der Waals surface area contributed by atoms with E-state index in [4.69, 9.17) is 16.0 Å². The van der Waals surface area contributed by atoms with E-state index >= 15 is 0 Å². The minimum atomic E-state index is 0.442. The molecule has 0 atom stereocenters. The van der Waals surface area contributed by atoms with Gasteiger partial charge in [-0.25, -0.2) is 0 Å². The minimum Gasteiger partial charge on any atom is -0.419 e. The third-order valence-electron chi connectivity index (χ3n) is 2.85. The average molecular weight is 365 g/mol. The topological polar surface area (TPSA) is 51.0 Å². The van der Waals surface area contributed by atoms with Crippen LogP contribution in [0.5, 0.6) is 0 Å². The summed E-state index contributed by atoms with van der Waals surface area (Å²) in [6.07, 6.45) is 0. The van der Waals surface area contributed by atoms with E-state index in [1.54, 1.807) is 0 Å². The number of nitrogens with zero attached hydrogens (tertiary/aromatic N) is 2. The molecular weight excluding hydrogens is 354 g/mol. The van der Waals surface area contributed by atoms with Crippen molar-refractivity contribution in [1.29, 1.82) is 0 Å². The van der Waals surface area contributed by atoms with Gasteiger partial charge in [-0.2, -0.15) is 0 Å². The first-order valence-electron chi connectivity index (χ1n) is 6.29. The molecule has 1 aromatic heterocycles. The Morgan fingerprint density at radius 1 is 1.10 bits per heavy atom. The van der Waals surface area contributed by atoms with Gasteiger partial charge in [0.05, 0.1) is 11.6 Å². The SMILES string of the molecule is Clc1cc(NCc2nnc(-c3ccccc3)o2)ccc1Br. The predicted molar refractivity (Wildman–Crippen MR) is 86.2 cm³/mol. The first-order chi connectivity index (χ1) is 10.2. The van der Waals surface area contributed by atoms with E-state index in [1.165, 1.54) is 0 Å². The van der Waals surface area contributed by atoms with E-state index in [2.05, 4.69) is 31.4 Å². The van der Waals surface area contributed by atoms with Gasteiger partial charge in [0.1, 0.15) is 0 Å². The Bertz CT molecular complexity index is 746. The Hall–Kier alpha value is -1.85. The van der Waals surface area contributed by atoms with Crippen LogP contribution in [0.1, 0.15) is 5.89 Å². The van der Waals surface area contributed by atoms with Gasteiger partial charge in [0, 0.05) is 15.7 Å². The van der Waals surface area contributed by atoms with E-state index < -0.39 is 0 Å². The van der Waals surface area contributed by atoms with Crippen molar-refractivity contribution in [3.63, 3.8) is 0 Å². The Balaban J connectivity index is 1.69. The number of benzene rings is 2. The zero-order valence-corrected chi connectivity index (χ0v) is 13.2. The van der Waals surface area contributed by atoms with Crippen LogP contribution in [0.3, 0.4) is 0 Å². The summed E-state index contributed by atoms with van der Waals surface area (Å²) >= 11 is 9.40. The van der Waals surface area contributed by atoms with Gasteiger partial charge in [0.2, 0.25) is 11.8 Å². The maximum atomic E-state index is 6.04. The van der Waals surface area contributed by atoms with E-state index in [0.717, 1.165) is 15.7 Å².